The molecule has 0 bridgehead atoms. The van der Waals surface area contributed by atoms with Gasteiger partial charge in [0.15, 0.2) is 5.82 Å². The number of hydrogen-bond donors (Lipinski definition) is 2. The number of anilines is 1. The van der Waals surface area contributed by atoms with Crippen LogP contribution in [0.3, 0.4) is 0 Å². The lowest BCUT2D eigenvalue weighted by Crippen LogP contribution is -2.45. The number of aromatic nitrogens is 2. The van der Waals surface area contributed by atoms with Crippen molar-refractivity contribution < 1.29 is 9.90 Å². The lowest BCUT2D eigenvalue weighted by Gasteiger charge is -2.29. The van der Waals surface area contributed by atoms with E-state index >= 15 is 0 Å². The lowest BCUT2D eigenvalue weighted by atomic mass is 10.1. The molecule has 0 radical (unpaired) electrons. The largest absolute Gasteiger partial charge is 0.389 e. The quantitative estimate of drug-likeness (QED) is 0.853. The number of nitrogens with one attached hydrogen (secondary N) is 1. The Balaban J connectivity index is 1.78. The van der Waals surface area contributed by atoms with Crippen LogP contribution in [-0.4, -0.2) is 44.0 Å². The second kappa shape index (κ2) is 6.69. The number of para-hydroxylation sites is 1. The highest BCUT2D eigenvalue weighted by Crippen LogP contribution is 2.29. The van der Waals surface area contributed by atoms with Gasteiger partial charge in [0.1, 0.15) is 0 Å². The first kappa shape index (κ1) is 17.8. The molecule has 134 valence electrons. The molecular weight excluding hydrogens is 340 g/mol. The normalized spacial score (nSPS) is 14.4. The molecule has 6 nitrogen and oxygen atoms in total. The van der Waals surface area contributed by atoms with Crippen LogP contribution in [0.4, 0.5) is 10.6 Å². The zero-order chi connectivity index (χ0) is 18.2. The standard InChI is InChI=1S/C18H23ClN4O2/c1-12-10-23(15-7-5-4-6-14(15)19)21-16(12)20-17(24)22(13-8-9-13)11-18(2,3)25/h4-7,10,13,25H,8-9,11H2,1-3H3,(H,20,21,24). The van der Waals surface area contributed by atoms with Crippen LogP contribution in [0.15, 0.2) is 30.5 Å². The molecule has 25 heavy (non-hydrogen) atoms. The summed E-state index contributed by atoms with van der Waals surface area (Å²) in [6.45, 7) is 5.57. The van der Waals surface area contributed by atoms with Crippen LogP contribution in [0, 0.1) is 6.92 Å². The maximum Gasteiger partial charge on any atom is 0.323 e. The summed E-state index contributed by atoms with van der Waals surface area (Å²) in [5, 5.41) is 18.0. The molecule has 1 heterocycles. The summed E-state index contributed by atoms with van der Waals surface area (Å²) >= 11 is 6.21. The molecule has 1 aliphatic carbocycles. The highest BCUT2D eigenvalue weighted by molar-refractivity contribution is 6.32. The summed E-state index contributed by atoms with van der Waals surface area (Å²) in [7, 11) is 0. The van der Waals surface area contributed by atoms with Gasteiger partial charge < -0.3 is 10.0 Å². The van der Waals surface area contributed by atoms with E-state index in [4.69, 9.17) is 11.6 Å². The van der Waals surface area contributed by atoms with Gasteiger partial charge in [0.05, 0.1) is 22.9 Å². The van der Waals surface area contributed by atoms with Crippen molar-refractivity contribution in [3.63, 3.8) is 0 Å². The Kier molecular flexibility index (Phi) is 4.75. The number of urea groups is 1. The Bertz CT molecular complexity index is 778. The molecule has 2 amide bonds. The van der Waals surface area contributed by atoms with Gasteiger partial charge in [0.25, 0.3) is 0 Å². The van der Waals surface area contributed by atoms with Gasteiger partial charge in [-0.1, -0.05) is 23.7 Å². The molecule has 1 fully saturated rings. The summed E-state index contributed by atoms with van der Waals surface area (Å²) in [6, 6.07) is 7.36. The molecule has 1 aliphatic rings. The van der Waals surface area contributed by atoms with Gasteiger partial charge >= 0.3 is 6.03 Å². The smallest absolute Gasteiger partial charge is 0.323 e. The lowest BCUT2D eigenvalue weighted by molar-refractivity contribution is 0.0467. The maximum atomic E-state index is 12.7. The number of amides is 2. The van der Waals surface area contributed by atoms with E-state index in [9.17, 15) is 9.90 Å². The number of aliphatic hydroxyl groups is 1. The molecule has 0 atom stereocenters. The van der Waals surface area contributed by atoms with E-state index in [2.05, 4.69) is 10.4 Å². The second-order valence-corrected chi connectivity index (χ2v) is 7.57. The third-order valence-corrected chi connectivity index (χ3v) is 4.35. The summed E-state index contributed by atoms with van der Waals surface area (Å²) in [5.41, 5.74) is 0.655. The van der Waals surface area contributed by atoms with Gasteiger partial charge in [-0.15, -0.1) is 5.10 Å². The molecule has 0 unspecified atom stereocenters. The average Bonchev–Trinajstić information content (AvgIpc) is 3.29. The fourth-order valence-electron chi connectivity index (χ4n) is 2.69. The maximum absolute atomic E-state index is 12.7. The van der Waals surface area contributed by atoms with Crippen LogP contribution >= 0.6 is 11.6 Å². The highest BCUT2D eigenvalue weighted by Gasteiger charge is 2.36. The molecule has 1 aromatic heterocycles. The van der Waals surface area contributed by atoms with Crippen LogP contribution < -0.4 is 5.32 Å². The van der Waals surface area contributed by atoms with E-state index in [1.54, 1.807) is 29.5 Å². The van der Waals surface area contributed by atoms with Gasteiger partial charge in [0, 0.05) is 17.8 Å². The average molecular weight is 363 g/mol. The summed E-state index contributed by atoms with van der Waals surface area (Å²) in [4.78, 5) is 14.4. The summed E-state index contributed by atoms with van der Waals surface area (Å²) in [6.07, 6.45) is 3.77. The Morgan fingerprint density at radius 3 is 2.72 bits per heavy atom. The topological polar surface area (TPSA) is 70.4 Å². The number of carbonyl (C=O) groups excluding carboxylic acids is 1. The van der Waals surface area contributed by atoms with Crippen molar-refractivity contribution in [2.45, 2.75) is 45.3 Å². The van der Waals surface area contributed by atoms with Crippen molar-refractivity contribution >= 4 is 23.4 Å². The van der Waals surface area contributed by atoms with Crippen LogP contribution in [0.1, 0.15) is 32.3 Å². The number of hydrogen-bond acceptors (Lipinski definition) is 3. The molecule has 3 rings (SSSR count). The Labute approximate surface area is 152 Å². The number of carbonyl (C=O) groups is 1. The van der Waals surface area contributed by atoms with E-state index in [0.29, 0.717) is 10.8 Å². The predicted molar refractivity (Wildman–Crippen MR) is 98.4 cm³/mol. The zero-order valence-corrected chi connectivity index (χ0v) is 15.4. The molecule has 2 N–H and O–H groups in total. The minimum Gasteiger partial charge on any atom is -0.389 e. The van der Waals surface area contributed by atoms with Gasteiger partial charge in [-0.25, -0.2) is 9.48 Å². The van der Waals surface area contributed by atoms with Crippen LogP contribution in [0.25, 0.3) is 5.69 Å². The number of halogens is 1. The van der Waals surface area contributed by atoms with Gasteiger partial charge in [-0.3, -0.25) is 5.32 Å². The Morgan fingerprint density at radius 2 is 2.12 bits per heavy atom. The molecule has 1 saturated carbocycles. The first-order valence-corrected chi connectivity index (χ1v) is 8.73. The van der Waals surface area contributed by atoms with Gasteiger partial charge in [0.2, 0.25) is 0 Å². The number of rotatable bonds is 5. The minimum atomic E-state index is -0.939. The van der Waals surface area contributed by atoms with Crippen molar-refractivity contribution in [1.29, 1.82) is 0 Å². The molecule has 2 aromatic rings. The monoisotopic (exact) mass is 362 g/mol. The predicted octanol–water partition coefficient (Wildman–Crippen LogP) is 3.60. The third kappa shape index (κ3) is 4.32. The van der Waals surface area contributed by atoms with E-state index in [1.807, 2.05) is 31.3 Å². The molecule has 0 spiro atoms. The van der Waals surface area contributed by atoms with Crippen LogP contribution in [0.5, 0.6) is 0 Å². The molecule has 7 heteroatoms. The molecule has 0 aliphatic heterocycles. The molecule has 0 saturated heterocycles. The van der Waals surface area contributed by atoms with Gasteiger partial charge in [-0.2, -0.15) is 0 Å². The van der Waals surface area contributed by atoms with E-state index in [-0.39, 0.29) is 18.6 Å². The zero-order valence-electron chi connectivity index (χ0n) is 14.7. The van der Waals surface area contributed by atoms with E-state index < -0.39 is 5.60 Å². The fraction of sp³-hybridized carbons (Fsp3) is 0.444. The second-order valence-electron chi connectivity index (χ2n) is 7.16. The van der Waals surface area contributed by atoms with Crippen molar-refractivity contribution in [2.24, 2.45) is 0 Å². The molecular formula is C18H23ClN4O2. The first-order chi connectivity index (χ1) is 11.7. The minimum absolute atomic E-state index is 0.192. The molecule has 1 aromatic carbocycles. The highest BCUT2D eigenvalue weighted by atomic mass is 35.5. The number of aryl methyl sites for hydroxylation is 1. The first-order valence-electron chi connectivity index (χ1n) is 8.36. The van der Waals surface area contributed by atoms with Gasteiger partial charge in [-0.05, 0) is 45.7 Å². The number of benzene rings is 1. The van der Waals surface area contributed by atoms with Crippen molar-refractivity contribution in [2.75, 3.05) is 11.9 Å². The van der Waals surface area contributed by atoms with Crippen molar-refractivity contribution in [1.82, 2.24) is 14.7 Å². The Hall–Kier alpha value is -2.05. The fourth-order valence-corrected chi connectivity index (χ4v) is 2.91. The van der Waals surface area contributed by atoms with Crippen molar-refractivity contribution in [3.8, 4) is 5.69 Å². The van der Waals surface area contributed by atoms with Crippen molar-refractivity contribution in [3.05, 3.63) is 41.0 Å². The number of nitrogens with zero attached hydrogens (tertiary/aromatic N) is 3. The summed E-state index contributed by atoms with van der Waals surface area (Å²) < 4.78 is 1.66. The van der Waals surface area contributed by atoms with E-state index in [1.165, 1.54) is 0 Å². The van der Waals surface area contributed by atoms with Crippen LogP contribution in [-0.2, 0) is 0 Å². The summed E-state index contributed by atoms with van der Waals surface area (Å²) in [5.74, 6) is 0.492. The SMILES string of the molecule is Cc1cn(-c2ccccc2Cl)nc1NC(=O)N(CC(C)(C)O)C1CC1. The third-order valence-electron chi connectivity index (χ3n) is 4.03. The van der Waals surface area contributed by atoms with E-state index in [0.717, 1.165) is 24.1 Å². The van der Waals surface area contributed by atoms with Crippen LogP contribution in [0.2, 0.25) is 5.02 Å². The Morgan fingerprint density at radius 1 is 1.44 bits per heavy atom.